The lowest BCUT2D eigenvalue weighted by atomic mass is 9.88. The minimum Gasteiger partial charge on any atom is -0.507 e. The van der Waals surface area contributed by atoms with Crippen molar-refractivity contribution in [2.75, 3.05) is 0 Å². The van der Waals surface area contributed by atoms with E-state index >= 15 is 0 Å². The van der Waals surface area contributed by atoms with E-state index in [1.54, 1.807) is 6.07 Å². The molecule has 1 heteroatoms. The fourth-order valence-corrected chi connectivity index (χ4v) is 3.09. The summed E-state index contributed by atoms with van der Waals surface area (Å²) in [5.74, 6) is 0.766. The van der Waals surface area contributed by atoms with Crippen molar-refractivity contribution in [3.63, 3.8) is 0 Å². The standard InChI is InChI=1S/C22H22O/c1-16(2)19-12-6-7-13-20(19)22-18(11-8-14-21(22)23)15-17-9-4-3-5-10-17/h3-14,16,23H,15H2,1-2H3. The van der Waals surface area contributed by atoms with Gasteiger partial charge in [-0.3, -0.25) is 0 Å². The SMILES string of the molecule is CC(C)c1ccccc1-c1c(O)cccc1Cc1ccccc1. The maximum Gasteiger partial charge on any atom is 0.123 e. The lowest BCUT2D eigenvalue weighted by molar-refractivity contribution is 0.476. The molecule has 0 aliphatic rings. The van der Waals surface area contributed by atoms with Crippen LogP contribution in [0, 0.1) is 0 Å². The van der Waals surface area contributed by atoms with Crippen molar-refractivity contribution < 1.29 is 5.11 Å². The van der Waals surface area contributed by atoms with Gasteiger partial charge in [0.1, 0.15) is 5.75 Å². The van der Waals surface area contributed by atoms with Crippen molar-refractivity contribution in [3.05, 3.63) is 89.5 Å². The van der Waals surface area contributed by atoms with Crippen molar-refractivity contribution in [3.8, 4) is 16.9 Å². The molecule has 0 amide bonds. The third kappa shape index (κ3) is 3.29. The number of phenolic OH excluding ortho intramolecular Hbond substituents is 1. The summed E-state index contributed by atoms with van der Waals surface area (Å²) in [6.45, 7) is 4.38. The molecule has 0 radical (unpaired) electrons. The maximum absolute atomic E-state index is 10.5. The number of rotatable bonds is 4. The molecule has 0 bridgehead atoms. The van der Waals surface area contributed by atoms with Gasteiger partial charge in [0.15, 0.2) is 0 Å². The summed E-state index contributed by atoms with van der Waals surface area (Å²) in [6.07, 6.45) is 0.816. The van der Waals surface area contributed by atoms with Crippen molar-refractivity contribution in [2.24, 2.45) is 0 Å². The van der Waals surface area contributed by atoms with Crippen molar-refractivity contribution >= 4 is 0 Å². The molecule has 0 atom stereocenters. The Labute approximate surface area is 138 Å². The molecule has 1 nitrogen and oxygen atoms in total. The van der Waals surface area contributed by atoms with Gasteiger partial charge in [0, 0.05) is 5.56 Å². The van der Waals surface area contributed by atoms with Crippen LogP contribution in [-0.2, 0) is 6.42 Å². The van der Waals surface area contributed by atoms with Gasteiger partial charge in [-0.25, -0.2) is 0 Å². The number of hydrogen-bond donors (Lipinski definition) is 1. The average molecular weight is 302 g/mol. The van der Waals surface area contributed by atoms with Crippen LogP contribution < -0.4 is 0 Å². The summed E-state index contributed by atoms with van der Waals surface area (Å²) in [7, 11) is 0. The zero-order valence-corrected chi connectivity index (χ0v) is 13.7. The summed E-state index contributed by atoms with van der Waals surface area (Å²) in [6, 6.07) is 24.6. The van der Waals surface area contributed by atoms with Gasteiger partial charge >= 0.3 is 0 Å². The van der Waals surface area contributed by atoms with Crippen molar-refractivity contribution in [2.45, 2.75) is 26.2 Å². The van der Waals surface area contributed by atoms with Crippen molar-refractivity contribution in [1.82, 2.24) is 0 Å². The summed E-state index contributed by atoms with van der Waals surface area (Å²) < 4.78 is 0. The predicted molar refractivity (Wildman–Crippen MR) is 96.9 cm³/mol. The molecule has 0 aliphatic carbocycles. The van der Waals surface area contributed by atoms with Crippen LogP contribution in [0.3, 0.4) is 0 Å². The first-order valence-electron chi connectivity index (χ1n) is 8.11. The fraction of sp³-hybridized carbons (Fsp3) is 0.182. The molecule has 116 valence electrons. The molecular weight excluding hydrogens is 280 g/mol. The zero-order valence-electron chi connectivity index (χ0n) is 13.7. The number of aromatic hydroxyl groups is 1. The highest BCUT2D eigenvalue weighted by Crippen LogP contribution is 2.38. The molecule has 0 saturated heterocycles. The van der Waals surface area contributed by atoms with Crippen LogP contribution in [0.15, 0.2) is 72.8 Å². The third-order valence-corrected chi connectivity index (χ3v) is 4.22. The van der Waals surface area contributed by atoms with E-state index in [0.29, 0.717) is 11.7 Å². The number of phenols is 1. The summed E-state index contributed by atoms with van der Waals surface area (Å²) in [4.78, 5) is 0. The van der Waals surface area contributed by atoms with Gasteiger partial charge in [-0.05, 0) is 40.7 Å². The van der Waals surface area contributed by atoms with E-state index in [-0.39, 0.29) is 0 Å². The molecule has 0 aromatic heterocycles. The highest BCUT2D eigenvalue weighted by molar-refractivity contribution is 5.77. The van der Waals surface area contributed by atoms with Crippen LogP contribution in [-0.4, -0.2) is 5.11 Å². The van der Waals surface area contributed by atoms with Crippen LogP contribution in [0.25, 0.3) is 11.1 Å². The van der Waals surface area contributed by atoms with Gasteiger partial charge in [-0.1, -0.05) is 80.6 Å². The zero-order chi connectivity index (χ0) is 16.2. The van der Waals surface area contributed by atoms with Crippen molar-refractivity contribution in [1.29, 1.82) is 0 Å². The second-order valence-corrected chi connectivity index (χ2v) is 6.22. The number of benzene rings is 3. The van der Waals surface area contributed by atoms with Crippen LogP contribution in [0.1, 0.15) is 36.5 Å². The Kier molecular flexibility index (Phi) is 4.47. The summed E-state index contributed by atoms with van der Waals surface area (Å²) in [5.41, 5.74) is 5.76. The van der Waals surface area contributed by atoms with Crippen LogP contribution in [0.2, 0.25) is 0 Å². The first kappa shape index (κ1) is 15.4. The van der Waals surface area contributed by atoms with Gasteiger partial charge in [-0.2, -0.15) is 0 Å². The fourth-order valence-electron chi connectivity index (χ4n) is 3.09. The van der Waals surface area contributed by atoms with E-state index in [2.05, 4.69) is 62.4 Å². The summed E-state index contributed by atoms with van der Waals surface area (Å²) >= 11 is 0. The first-order chi connectivity index (χ1) is 11.2. The topological polar surface area (TPSA) is 20.2 Å². The molecule has 1 N–H and O–H groups in total. The molecule has 3 aromatic rings. The number of hydrogen-bond acceptors (Lipinski definition) is 1. The van der Waals surface area contributed by atoms with E-state index in [0.717, 1.165) is 23.1 Å². The van der Waals surface area contributed by atoms with Gasteiger partial charge in [0.05, 0.1) is 0 Å². The Bertz CT molecular complexity index is 788. The van der Waals surface area contributed by atoms with Crippen LogP contribution in [0.4, 0.5) is 0 Å². The Balaban J connectivity index is 2.13. The van der Waals surface area contributed by atoms with Gasteiger partial charge in [0.2, 0.25) is 0 Å². The lowest BCUT2D eigenvalue weighted by Crippen LogP contribution is -1.97. The minimum absolute atomic E-state index is 0.353. The second kappa shape index (κ2) is 6.70. The molecule has 3 rings (SSSR count). The van der Waals surface area contributed by atoms with Crippen LogP contribution in [0.5, 0.6) is 5.75 Å². The van der Waals surface area contributed by atoms with Gasteiger partial charge in [-0.15, -0.1) is 0 Å². The van der Waals surface area contributed by atoms with Gasteiger partial charge in [0.25, 0.3) is 0 Å². The van der Waals surface area contributed by atoms with E-state index in [1.165, 1.54) is 11.1 Å². The monoisotopic (exact) mass is 302 g/mol. The molecule has 23 heavy (non-hydrogen) atoms. The molecule has 0 saturated carbocycles. The highest BCUT2D eigenvalue weighted by atomic mass is 16.3. The lowest BCUT2D eigenvalue weighted by Gasteiger charge is -2.17. The van der Waals surface area contributed by atoms with Gasteiger partial charge < -0.3 is 5.11 Å². The van der Waals surface area contributed by atoms with E-state index in [1.807, 2.05) is 18.2 Å². The van der Waals surface area contributed by atoms with E-state index in [4.69, 9.17) is 0 Å². The molecule has 0 unspecified atom stereocenters. The Morgan fingerprint density at radius 3 is 2.22 bits per heavy atom. The smallest absolute Gasteiger partial charge is 0.123 e. The Hall–Kier alpha value is -2.54. The molecular formula is C22H22O. The highest BCUT2D eigenvalue weighted by Gasteiger charge is 2.15. The molecule has 0 heterocycles. The Morgan fingerprint density at radius 1 is 0.783 bits per heavy atom. The molecule has 0 aliphatic heterocycles. The maximum atomic E-state index is 10.5. The van der Waals surface area contributed by atoms with Crippen LogP contribution >= 0.6 is 0 Å². The van der Waals surface area contributed by atoms with E-state index in [9.17, 15) is 5.11 Å². The normalized spacial score (nSPS) is 10.9. The molecule has 0 fully saturated rings. The first-order valence-corrected chi connectivity index (χ1v) is 8.11. The van der Waals surface area contributed by atoms with E-state index < -0.39 is 0 Å². The second-order valence-electron chi connectivity index (χ2n) is 6.22. The molecule has 3 aromatic carbocycles. The quantitative estimate of drug-likeness (QED) is 0.648. The molecule has 0 spiro atoms. The predicted octanol–water partition coefficient (Wildman–Crippen LogP) is 5.77. The Morgan fingerprint density at radius 2 is 1.48 bits per heavy atom. The minimum atomic E-state index is 0.353. The average Bonchev–Trinajstić information content (AvgIpc) is 2.56. The third-order valence-electron chi connectivity index (χ3n) is 4.22. The summed E-state index contributed by atoms with van der Waals surface area (Å²) in [5, 5.41) is 10.5. The largest absolute Gasteiger partial charge is 0.507 e.